The smallest absolute Gasteiger partial charge is 0.372 e. The van der Waals surface area contributed by atoms with Gasteiger partial charge >= 0.3 is 8.56 Å². The molecule has 0 aliphatic carbocycles. The summed E-state index contributed by atoms with van der Waals surface area (Å²) in [5.74, 6) is 0. The normalized spacial score (nSPS) is 12.2. The van der Waals surface area contributed by atoms with Gasteiger partial charge in [-0.25, -0.2) is 0 Å². The predicted molar refractivity (Wildman–Crippen MR) is 84.8 cm³/mol. The molecule has 0 radical (unpaired) electrons. The van der Waals surface area contributed by atoms with E-state index < -0.39 is 8.56 Å². The third-order valence-electron chi connectivity index (χ3n) is 2.90. The molecule has 0 amide bonds. The first-order chi connectivity index (χ1) is 8.93. The second-order valence-corrected chi connectivity index (χ2v) is 8.53. The molecular weight excluding hydrogens is 252 g/mol. The highest BCUT2D eigenvalue weighted by Gasteiger charge is 2.40. The molecule has 0 bridgehead atoms. The second-order valence-electron chi connectivity index (χ2n) is 5.27. The lowest BCUT2D eigenvalue weighted by Crippen LogP contribution is -2.55. The lowest BCUT2D eigenvalue weighted by Gasteiger charge is -2.33. The zero-order valence-corrected chi connectivity index (χ0v) is 13.8. The van der Waals surface area contributed by atoms with E-state index in [1.807, 2.05) is 6.08 Å². The third kappa shape index (κ3) is 4.30. The van der Waals surface area contributed by atoms with Crippen LogP contribution in [0.3, 0.4) is 0 Å². The van der Waals surface area contributed by atoms with Gasteiger partial charge in [0.2, 0.25) is 0 Å². The molecule has 2 nitrogen and oxygen atoms in total. The van der Waals surface area contributed by atoms with Gasteiger partial charge in [-0.2, -0.15) is 0 Å². The minimum Gasteiger partial charge on any atom is -0.388 e. The summed E-state index contributed by atoms with van der Waals surface area (Å²) >= 11 is 0. The van der Waals surface area contributed by atoms with Crippen molar-refractivity contribution < 1.29 is 8.85 Å². The van der Waals surface area contributed by atoms with Crippen molar-refractivity contribution in [3.05, 3.63) is 36.4 Å². The molecule has 0 N–H and O–H groups in total. The maximum absolute atomic E-state index is 6.25. The van der Waals surface area contributed by atoms with Crippen molar-refractivity contribution in [3.63, 3.8) is 0 Å². The Bertz CT molecular complexity index is 386. The van der Waals surface area contributed by atoms with Gasteiger partial charge in [-0.3, -0.25) is 0 Å². The summed E-state index contributed by atoms with van der Waals surface area (Å²) < 4.78 is 12.5. The average molecular weight is 278 g/mol. The van der Waals surface area contributed by atoms with Crippen molar-refractivity contribution in [3.8, 4) is 0 Å². The molecule has 0 atom stereocenters. The van der Waals surface area contributed by atoms with Crippen LogP contribution in [0, 0.1) is 0 Å². The van der Waals surface area contributed by atoms with Crippen LogP contribution in [0.5, 0.6) is 0 Å². The molecule has 0 saturated heterocycles. The summed E-state index contributed by atoms with van der Waals surface area (Å²) in [6.07, 6.45) is 2.19. The molecular formula is C16H26O2Si. The van der Waals surface area contributed by atoms with Crippen LogP contribution in [0.25, 0.3) is 6.08 Å². The highest BCUT2D eigenvalue weighted by Crippen LogP contribution is 2.19. The van der Waals surface area contributed by atoms with E-state index in [-0.39, 0.29) is 12.2 Å². The largest absolute Gasteiger partial charge is 0.388 e. The summed E-state index contributed by atoms with van der Waals surface area (Å²) in [4.78, 5) is 0. The molecule has 0 aromatic heterocycles. The van der Waals surface area contributed by atoms with Crippen LogP contribution in [0.15, 0.2) is 30.8 Å². The standard InChI is InChI=1S/C16H26O2Si/c1-7-15-9-11-16(12-10-15)19(8-2,17-13(3)4)18-14(5)6/h7,9-14H,1,8H2,2-6H3. The van der Waals surface area contributed by atoms with Gasteiger partial charge in [0, 0.05) is 12.2 Å². The molecule has 106 valence electrons. The van der Waals surface area contributed by atoms with Gasteiger partial charge in [0.25, 0.3) is 0 Å². The molecule has 0 fully saturated rings. The van der Waals surface area contributed by atoms with Gasteiger partial charge in [-0.15, -0.1) is 0 Å². The Kier molecular flexibility index (Phi) is 5.98. The lowest BCUT2D eigenvalue weighted by atomic mass is 10.2. The van der Waals surface area contributed by atoms with Crippen LogP contribution in [0.2, 0.25) is 6.04 Å². The van der Waals surface area contributed by atoms with Crippen LogP contribution in [-0.4, -0.2) is 20.8 Å². The molecule has 1 aromatic rings. The molecule has 0 unspecified atom stereocenters. The van der Waals surface area contributed by atoms with Crippen LogP contribution < -0.4 is 5.19 Å². The molecule has 0 saturated carbocycles. The average Bonchev–Trinajstić information content (AvgIpc) is 2.36. The topological polar surface area (TPSA) is 18.5 Å². The van der Waals surface area contributed by atoms with Crippen molar-refractivity contribution in [2.75, 3.05) is 0 Å². The van der Waals surface area contributed by atoms with E-state index in [4.69, 9.17) is 8.85 Å². The van der Waals surface area contributed by atoms with Crippen LogP contribution in [0.4, 0.5) is 0 Å². The zero-order valence-electron chi connectivity index (χ0n) is 12.8. The lowest BCUT2D eigenvalue weighted by molar-refractivity contribution is 0.116. The Hall–Kier alpha value is -0.903. The molecule has 0 spiro atoms. The van der Waals surface area contributed by atoms with Gasteiger partial charge in [0.15, 0.2) is 0 Å². The zero-order chi connectivity index (χ0) is 14.5. The van der Waals surface area contributed by atoms with Crippen LogP contribution in [-0.2, 0) is 8.85 Å². The van der Waals surface area contributed by atoms with Crippen LogP contribution >= 0.6 is 0 Å². The maximum atomic E-state index is 6.25. The van der Waals surface area contributed by atoms with Crippen molar-refractivity contribution in [1.82, 2.24) is 0 Å². The molecule has 19 heavy (non-hydrogen) atoms. The van der Waals surface area contributed by atoms with E-state index in [0.29, 0.717) is 0 Å². The maximum Gasteiger partial charge on any atom is 0.372 e. The fraction of sp³-hybridized carbons (Fsp3) is 0.500. The molecule has 0 aliphatic rings. The van der Waals surface area contributed by atoms with E-state index in [1.54, 1.807) is 0 Å². The predicted octanol–water partition coefficient (Wildman–Crippen LogP) is 3.85. The summed E-state index contributed by atoms with van der Waals surface area (Å²) in [6.45, 7) is 14.2. The van der Waals surface area contributed by atoms with Crippen LogP contribution in [0.1, 0.15) is 40.2 Å². The summed E-state index contributed by atoms with van der Waals surface area (Å²) in [6, 6.07) is 9.31. The van der Waals surface area contributed by atoms with E-state index in [1.165, 1.54) is 5.19 Å². The Morgan fingerprint density at radius 3 is 1.84 bits per heavy atom. The van der Waals surface area contributed by atoms with E-state index in [0.717, 1.165) is 11.6 Å². The highest BCUT2D eigenvalue weighted by molar-refractivity contribution is 6.81. The van der Waals surface area contributed by atoms with Gasteiger partial charge in [-0.05, 0) is 44.5 Å². The Morgan fingerprint density at radius 2 is 1.53 bits per heavy atom. The summed E-state index contributed by atoms with van der Waals surface area (Å²) in [5, 5.41) is 1.20. The van der Waals surface area contributed by atoms with Crippen molar-refractivity contribution in [2.45, 2.75) is 52.9 Å². The van der Waals surface area contributed by atoms with E-state index >= 15 is 0 Å². The molecule has 1 aromatic carbocycles. The van der Waals surface area contributed by atoms with Gasteiger partial charge in [0.1, 0.15) is 0 Å². The first kappa shape index (κ1) is 16.2. The first-order valence-corrected chi connectivity index (χ1v) is 9.04. The van der Waals surface area contributed by atoms with Crippen molar-refractivity contribution in [2.24, 2.45) is 0 Å². The molecule has 1 rings (SSSR count). The van der Waals surface area contributed by atoms with Gasteiger partial charge < -0.3 is 8.85 Å². The van der Waals surface area contributed by atoms with Gasteiger partial charge in [0.05, 0.1) is 0 Å². The highest BCUT2D eigenvalue weighted by atomic mass is 28.4. The van der Waals surface area contributed by atoms with Gasteiger partial charge in [-0.1, -0.05) is 43.8 Å². The first-order valence-electron chi connectivity index (χ1n) is 7.02. The minimum atomic E-state index is -2.34. The number of hydrogen-bond acceptors (Lipinski definition) is 2. The molecule has 0 heterocycles. The molecule has 0 aliphatic heterocycles. The number of benzene rings is 1. The Morgan fingerprint density at radius 1 is 1.05 bits per heavy atom. The van der Waals surface area contributed by atoms with Crippen molar-refractivity contribution >= 4 is 19.8 Å². The fourth-order valence-electron chi connectivity index (χ4n) is 2.17. The second kappa shape index (κ2) is 7.03. The quantitative estimate of drug-likeness (QED) is 0.705. The number of hydrogen-bond donors (Lipinski definition) is 0. The summed E-state index contributed by atoms with van der Waals surface area (Å²) in [5.41, 5.74) is 1.12. The Labute approximate surface area is 118 Å². The summed E-state index contributed by atoms with van der Waals surface area (Å²) in [7, 11) is -2.34. The Balaban J connectivity index is 3.14. The van der Waals surface area contributed by atoms with E-state index in [9.17, 15) is 0 Å². The van der Waals surface area contributed by atoms with E-state index in [2.05, 4.69) is 65.5 Å². The minimum absolute atomic E-state index is 0.171. The monoisotopic (exact) mass is 278 g/mol. The molecule has 3 heteroatoms. The SMILES string of the molecule is C=Cc1ccc([Si](CC)(OC(C)C)OC(C)C)cc1. The fourth-order valence-corrected chi connectivity index (χ4v) is 5.44. The number of rotatable bonds is 7. The third-order valence-corrected chi connectivity index (χ3v) is 6.75. The van der Waals surface area contributed by atoms with Crippen molar-refractivity contribution in [1.29, 1.82) is 0 Å².